The highest BCUT2D eigenvalue weighted by molar-refractivity contribution is 7.13. The van der Waals surface area contributed by atoms with Crippen LogP contribution in [0.4, 0.5) is 0 Å². The minimum atomic E-state index is 0.596. The summed E-state index contributed by atoms with van der Waals surface area (Å²) in [6.07, 6.45) is 0. The van der Waals surface area contributed by atoms with Crippen LogP contribution in [0.1, 0.15) is 11.5 Å². The van der Waals surface area contributed by atoms with E-state index >= 15 is 0 Å². The van der Waals surface area contributed by atoms with Crippen LogP contribution >= 0.6 is 11.3 Å². The van der Waals surface area contributed by atoms with Gasteiger partial charge >= 0.3 is 0 Å². The number of nitrogens with zero attached hydrogens (tertiary/aromatic N) is 4. The minimum Gasteiger partial charge on any atom is -0.493 e. The number of hydrogen-bond donors (Lipinski definition) is 0. The molecule has 1 fully saturated rings. The highest BCUT2D eigenvalue weighted by Crippen LogP contribution is 2.40. The molecule has 0 bridgehead atoms. The second kappa shape index (κ2) is 9.46. The van der Waals surface area contributed by atoms with Crippen LogP contribution in [0.25, 0.3) is 10.8 Å². The Balaban J connectivity index is 1.34. The van der Waals surface area contributed by atoms with Gasteiger partial charge in [-0.3, -0.25) is 9.80 Å². The van der Waals surface area contributed by atoms with Gasteiger partial charge in [-0.25, -0.2) is 0 Å². The van der Waals surface area contributed by atoms with Gasteiger partial charge in [0.05, 0.1) is 32.8 Å². The molecule has 1 aromatic carbocycles. The fraction of sp³-hybridized carbons (Fsp3) is 0.429. The van der Waals surface area contributed by atoms with Crippen molar-refractivity contribution >= 4 is 11.3 Å². The van der Waals surface area contributed by atoms with Crippen molar-refractivity contribution in [1.82, 2.24) is 20.0 Å². The standard InChI is InChI=1S/C21H26N4O4S/c1-26-16-7-6-15(19(27-2)20(16)28-3)13-24-8-10-25(11-9-24)14-18-22-23-21(29-18)17-5-4-12-30-17/h4-7,12H,8-11,13-14H2,1-3H3. The van der Waals surface area contributed by atoms with E-state index in [2.05, 4.69) is 20.0 Å². The monoisotopic (exact) mass is 430 g/mol. The highest BCUT2D eigenvalue weighted by atomic mass is 32.1. The Bertz CT molecular complexity index is 952. The molecule has 1 saturated heterocycles. The first-order valence-corrected chi connectivity index (χ1v) is 10.7. The molecular weight excluding hydrogens is 404 g/mol. The molecule has 2 aromatic heterocycles. The highest BCUT2D eigenvalue weighted by Gasteiger charge is 2.22. The summed E-state index contributed by atoms with van der Waals surface area (Å²) in [6, 6.07) is 7.93. The number of thiophene rings is 1. The summed E-state index contributed by atoms with van der Waals surface area (Å²) in [4.78, 5) is 5.75. The van der Waals surface area contributed by atoms with Gasteiger partial charge in [-0.2, -0.15) is 0 Å². The van der Waals surface area contributed by atoms with Gasteiger partial charge in [0.15, 0.2) is 11.5 Å². The molecule has 1 aliphatic heterocycles. The number of hydrogen-bond acceptors (Lipinski definition) is 9. The molecule has 0 N–H and O–H groups in total. The van der Waals surface area contributed by atoms with Gasteiger partial charge in [0.25, 0.3) is 5.89 Å². The molecule has 0 aliphatic carbocycles. The van der Waals surface area contributed by atoms with Crippen molar-refractivity contribution in [3.8, 4) is 28.0 Å². The molecule has 9 heteroatoms. The lowest BCUT2D eigenvalue weighted by molar-refractivity contribution is 0.114. The molecule has 0 amide bonds. The van der Waals surface area contributed by atoms with Gasteiger partial charge < -0.3 is 18.6 Å². The SMILES string of the molecule is COc1ccc(CN2CCN(Cc3nnc(-c4cccs4)o3)CC2)c(OC)c1OC. The third-order valence-corrected chi connectivity index (χ3v) is 6.06. The first kappa shape index (κ1) is 20.6. The maximum Gasteiger partial charge on any atom is 0.257 e. The maximum absolute atomic E-state index is 5.82. The van der Waals surface area contributed by atoms with Crippen molar-refractivity contribution < 1.29 is 18.6 Å². The van der Waals surface area contributed by atoms with Gasteiger partial charge in [-0.1, -0.05) is 12.1 Å². The lowest BCUT2D eigenvalue weighted by atomic mass is 10.1. The summed E-state index contributed by atoms with van der Waals surface area (Å²) >= 11 is 1.60. The normalized spacial score (nSPS) is 15.3. The lowest BCUT2D eigenvalue weighted by Gasteiger charge is -2.34. The van der Waals surface area contributed by atoms with E-state index < -0.39 is 0 Å². The smallest absolute Gasteiger partial charge is 0.257 e. The van der Waals surface area contributed by atoms with Crippen molar-refractivity contribution in [2.45, 2.75) is 13.1 Å². The van der Waals surface area contributed by atoms with E-state index in [-0.39, 0.29) is 0 Å². The van der Waals surface area contributed by atoms with Crippen molar-refractivity contribution in [3.05, 3.63) is 41.1 Å². The third kappa shape index (κ3) is 4.43. The first-order valence-electron chi connectivity index (χ1n) is 9.80. The molecule has 1 aliphatic rings. The maximum atomic E-state index is 5.82. The van der Waals surface area contributed by atoms with Crippen LogP contribution in [0, 0.1) is 0 Å². The van der Waals surface area contributed by atoms with E-state index in [1.165, 1.54) is 0 Å². The van der Waals surface area contributed by atoms with Crippen LogP contribution in [-0.4, -0.2) is 67.5 Å². The zero-order valence-corrected chi connectivity index (χ0v) is 18.3. The summed E-state index contributed by atoms with van der Waals surface area (Å²) < 4.78 is 22.3. The van der Waals surface area contributed by atoms with E-state index in [0.717, 1.165) is 48.9 Å². The van der Waals surface area contributed by atoms with Crippen molar-refractivity contribution in [3.63, 3.8) is 0 Å². The fourth-order valence-corrected chi connectivity index (χ4v) is 4.29. The van der Waals surface area contributed by atoms with Crippen molar-refractivity contribution in [2.75, 3.05) is 47.5 Å². The average Bonchev–Trinajstić information content (AvgIpc) is 3.46. The number of ether oxygens (including phenoxy) is 3. The fourth-order valence-electron chi connectivity index (χ4n) is 3.64. The summed E-state index contributed by atoms with van der Waals surface area (Å²) in [6.45, 7) is 5.23. The second-order valence-corrected chi connectivity index (χ2v) is 7.97. The molecule has 160 valence electrons. The number of methoxy groups -OCH3 is 3. The molecule has 0 unspecified atom stereocenters. The van der Waals surface area contributed by atoms with Gasteiger partial charge in [0.1, 0.15) is 0 Å². The minimum absolute atomic E-state index is 0.596. The molecule has 8 nitrogen and oxygen atoms in total. The molecule has 3 heterocycles. The van der Waals surface area contributed by atoms with E-state index in [1.807, 2.05) is 29.6 Å². The van der Waals surface area contributed by atoms with E-state index in [9.17, 15) is 0 Å². The summed E-state index contributed by atoms with van der Waals surface area (Å²) in [7, 11) is 4.92. The zero-order valence-electron chi connectivity index (χ0n) is 17.5. The molecule has 0 atom stereocenters. The average molecular weight is 431 g/mol. The topological polar surface area (TPSA) is 73.1 Å². The molecule has 0 saturated carbocycles. The Hall–Kier alpha value is -2.62. The van der Waals surface area contributed by atoms with Crippen LogP contribution in [0.5, 0.6) is 17.2 Å². The Labute approximate surface area is 180 Å². The summed E-state index contributed by atoms with van der Waals surface area (Å²) in [5.74, 6) is 3.29. The molecule has 4 rings (SSSR count). The van der Waals surface area contributed by atoms with Gasteiger partial charge in [0.2, 0.25) is 11.6 Å². The predicted molar refractivity (Wildman–Crippen MR) is 114 cm³/mol. The first-order chi connectivity index (χ1) is 14.7. The molecule has 3 aromatic rings. The van der Waals surface area contributed by atoms with Gasteiger partial charge in [-0.15, -0.1) is 21.5 Å². The predicted octanol–water partition coefficient (Wildman–Crippen LogP) is 3.14. The quantitative estimate of drug-likeness (QED) is 0.540. The largest absolute Gasteiger partial charge is 0.493 e. The molecule has 30 heavy (non-hydrogen) atoms. The van der Waals surface area contributed by atoms with E-state index in [1.54, 1.807) is 32.7 Å². The number of benzene rings is 1. The van der Waals surface area contributed by atoms with Crippen molar-refractivity contribution in [2.24, 2.45) is 0 Å². The van der Waals surface area contributed by atoms with Crippen LogP contribution in [0.2, 0.25) is 0 Å². The molecule has 0 spiro atoms. The Morgan fingerprint density at radius 3 is 2.27 bits per heavy atom. The van der Waals surface area contributed by atoms with E-state index in [4.69, 9.17) is 18.6 Å². The van der Waals surface area contributed by atoms with Crippen LogP contribution in [-0.2, 0) is 13.1 Å². The van der Waals surface area contributed by atoms with E-state index in [0.29, 0.717) is 29.8 Å². The Morgan fingerprint density at radius 2 is 1.63 bits per heavy atom. The Kier molecular flexibility index (Phi) is 6.51. The molecule has 0 radical (unpaired) electrons. The van der Waals surface area contributed by atoms with Gasteiger partial charge in [-0.05, 0) is 17.5 Å². The van der Waals surface area contributed by atoms with Crippen LogP contribution in [0.3, 0.4) is 0 Å². The van der Waals surface area contributed by atoms with Crippen molar-refractivity contribution in [1.29, 1.82) is 0 Å². The lowest BCUT2D eigenvalue weighted by Crippen LogP contribution is -2.45. The number of rotatable bonds is 8. The van der Waals surface area contributed by atoms with Crippen LogP contribution < -0.4 is 14.2 Å². The van der Waals surface area contributed by atoms with Gasteiger partial charge in [0, 0.05) is 38.3 Å². The Morgan fingerprint density at radius 1 is 0.900 bits per heavy atom. The van der Waals surface area contributed by atoms with Crippen LogP contribution in [0.15, 0.2) is 34.1 Å². The molecular formula is C21H26N4O4S. The summed E-state index contributed by atoms with van der Waals surface area (Å²) in [5, 5.41) is 10.4. The zero-order chi connectivity index (χ0) is 20.9. The number of piperazine rings is 1. The number of aromatic nitrogens is 2. The second-order valence-electron chi connectivity index (χ2n) is 7.02. The summed E-state index contributed by atoms with van der Waals surface area (Å²) in [5.41, 5.74) is 1.08. The third-order valence-electron chi connectivity index (χ3n) is 5.20.